The van der Waals surface area contributed by atoms with Crippen molar-refractivity contribution in [1.29, 1.82) is 0 Å². The van der Waals surface area contributed by atoms with E-state index in [1.54, 1.807) is 12.1 Å². The molecular weight excluding hydrogens is 391 g/mol. The molecule has 1 saturated heterocycles. The first-order chi connectivity index (χ1) is 14.2. The Balaban J connectivity index is 1.61. The van der Waals surface area contributed by atoms with E-state index in [-0.39, 0.29) is 0 Å². The third kappa shape index (κ3) is 3.33. The Kier molecular flexibility index (Phi) is 5.02. The molecule has 2 atom stereocenters. The van der Waals surface area contributed by atoms with Crippen LogP contribution >= 0.6 is 11.6 Å². The summed E-state index contributed by atoms with van der Waals surface area (Å²) >= 11 is 5.99. The van der Waals surface area contributed by atoms with Crippen molar-refractivity contribution < 1.29 is 9.50 Å². The molecule has 5 nitrogen and oxygen atoms in total. The Hall–Kier alpha value is -2.02. The highest BCUT2D eigenvalue weighted by Gasteiger charge is 2.35. The van der Waals surface area contributed by atoms with Crippen LogP contribution in [0, 0.1) is 0 Å². The van der Waals surface area contributed by atoms with Crippen LogP contribution < -0.4 is 0 Å². The highest BCUT2D eigenvalue weighted by atomic mass is 35.5. The van der Waals surface area contributed by atoms with E-state index in [0.717, 1.165) is 42.7 Å². The maximum absolute atomic E-state index is 13.3. The quantitative estimate of drug-likeness (QED) is 0.688. The van der Waals surface area contributed by atoms with Crippen LogP contribution in [-0.2, 0) is 19.6 Å². The number of aromatic nitrogens is 3. The van der Waals surface area contributed by atoms with Crippen LogP contribution in [0.25, 0.3) is 11.2 Å². The molecule has 2 aliphatic heterocycles. The van der Waals surface area contributed by atoms with Gasteiger partial charge >= 0.3 is 0 Å². The standard InChI is InChI=1S/C22H24ClFN4O/c23-15-6-4-14(5-7-15)19(29)13-28-18-8-10-27-9-2-1-3-17(27)20(18)21-22(28)25-12-16(11-24)26-21/h4-7,12,17,19,29H,1-3,8-11,13H2. The number of rotatable bonds is 4. The zero-order valence-electron chi connectivity index (χ0n) is 16.2. The summed E-state index contributed by atoms with van der Waals surface area (Å²) in [6.45, 7) is 1.87. The summed E-state index contributed by atoms with van der Waals surface area (Å²) in [5, 5.41) is 11.5. The summed E-state index contributed by atoms with van der Waals surface area (Å²) < 4.78 is 15.4. The van der Waals surface area contributed by atoms with E-state index in [2.05, 4.69) is 19.4 Å². The van der Waals surface area contributed by atoms with Gasteiger partial charge in [0.15, 0.2) is 5.65 Å². The van der Waals surface area contributed by atoms with Gasteiger partial charge in [0.1, 0.15) is 12.2 Å². The molecule has 0 radical (unpaired) electrons. The highest BCUT2D eigenvalue weighted by molar-refractivity contribution is 6.30. The number of fused-ring (bicyclic) bond motifs is 5. The lowest BCUT2D eigenvalue weighted by molar-refractivity contribution is 0.133. The van der Waals surface area contributed by atoms with Gasteiger partial charge in [-0.3, -0.25) is 4.90 Å². The van der Waals surface area contributed by atoms with Crippen LogP contribution in [-0.4, -0.2) is 37.6 Å². The number of aliphatic hydroxyl groups is 1. The van der Waals surface area contributed by atoms with E-state index in [9.17, 15) is 9.50 Å². The second-order valence-corrected chi connectivity index (χ2v) is 8.44. The van der Waals surface area contributed by atoms with Crippen LogP contribution in [0.2, 0.25) is 5.02 Å². The summed E-state index contributed by atoms with van der Waals surface area (Å²) in [4.78, 5) is 11.7. The van der Waals surface area contributed by atoms with Gasteiger partial charge in [-0.1, -0.05) is 30.2 Å². The summed E-state index contributed by atoms with van der Waals surface area (Å²) in [7, 11) is 0. The first kappa shape index (κ1) is 19.0. The average Bonchev–Trinajstić information content (AvgIpc) is 3.07. The number of hydrogen-bond acceptors (Lipinski definition) is 4. The Morgan fingerprint density at radius 3 is 2.83 bits per heavy atom. The Bertz CT molecular complexity index is 1040. The average molecular weight is 415 g/mol. The zero-order chi connectivity index (χ0) is 20.0. The molecule has 3 aromatic rings. The van der Waals surface area contributed by atoms with Gasteiger partial charge in [-0.05, 0) is 37.1 Å². The molecular formula is C22H24ClFN4O. The first-order valence-corrected chi connectivity index (χ1v) is 10.6. The molecule has 2 aliphatic rings. The van der Waals surface area contributed by atoms with Crippen molar-refractivity contribution in [3.8, 4) is 0 Å². The second kappa shape index (κ2) is 7.67. The van der Waals surface area contributed by atoms with Crippen LogP contribution in [0.3, 0.4) is 0 Å². The molecule has 0 aliphatic carbocycles. The molecule has 152 valence electrons. The maximum Gasteiger partial charge on any atom is 0.159 e. The van der Waals surface area contributed by atoms with Crippen molar-refractivity contribution in [2.45, 2.75) is 51.0 Å². The first-order valence-electron chi connectivity index (χ1n) is 10.3. The molecule has 0 amide bonds. The molecule has 7 heteroatoms. The number of nitrogens with zero attached hydrogens (tertiary/aromatic N) is 4. The molecule has 2 aromatic heterocycles. The van der Waals surface area contributed by atoms with Crippen molar-refractivity contribution >= 4 is 22.8 Å². The topological polar surface area (TPSA) is 54.2 Å². The van der Waals surface area contributed by atoms with Gasteiger partial charge in [0, 0.05) is 35.3 Å². The molecule has 0 bridgehead atoms. The minimum Gasteiger partial charge on any atom is -0.387 e. The maximum atomic E-state index is 13.3. The number of alkyl halides is 1. The van der Waals surface area contributed by atoms with Crippen molar-refractivity contribution in [2.24, 2.45) is 0 Å². The van der Waals surface area contributed by atoms with Crippen molar-refractivity contribution in [3.05, 3.63) is 58.0 Å². The SMILES string of the molecule is OC(Cn1c2c(c3nc(CF)cnc31)C1CCCCN1CC2)c1ccc(Cl)cc1. The summed E-state index contributed by atoms with van der Waals surface area (Å²) in [5.74, 6) is 0. The Morgan fingerprint density at radius 1 is 1.21 bits per heavy atom. The van der Waals surface area contributed by atoms with Crippen molar-refractivity contribution in [1.82, 2.24) is 19.4 Å². The zero-order valence-corrected chi connectivity index (χ0v) is 16.9. The molecule has 1 aromatic carbocycles. The van der Waals surface area contributed by atoms with E-state index in [4.69, 9.17) is 11.6 Å². The van der Waals surface area contributed by atoms with Crippen LogP contribution in [0.1, 0.15) is 53.9 Å². The minimum absolute atomic E-state index is 0.313. The van der Waals surface area contributed by atoms with Crippen LogP contribution in [0.4, 0.5) is 4.39 Å². The molecule has 0 spiro atoms. The van der Waals surface area contributed by atoms with Gasteiger partial charge in [-0.2, -0.15) is 0 Å². The predicted molar refractivity (Wildman–Crippen MR) is 111 cm³/mol. The fourth-order valence-corrected chi connectivity index (χ4v) is 5.01. The smallest absolute Gasteiger partial charge is 0.159 e. The van der Waals surface area contributed by atoms with Gasteiger partial charge in [0.05, 0.1) is 24.5 Å². The fourth-order valence-electron chi connectivity index (χ4n) is 4.89. The van der Waals surface area contributed by atoms with Gasteiger partial charge in [-0.15, -0.1) is 0 Å². The van der Waals surface area contributed by atoms with E-state index in [1.165, 1.54) is 30.3 Å². The van der Waals surface area contributed by atoms with Gasteiger partial charge < -0.3 is 9.67 Å². The Labute approximate surface area is 174 Å². The second-order valence-electron chi connectivity index (χ2n) is 8.00. The van der Waals surface area contributed by atoms with E-state index in [0.29, 0.717) is 23.3 Å². The molecule has 4 heterocycles. The lowest BCUT2D eigenvalue weighted by atomic mass is 9.90. The number of hydrogen-bond donors (Lipinski definition) is 1. The van der Waals surface area contributed by atoms with Crippen molar-refractivity contribution in [3.63, 3.8) is 0 Å². The molecule has 5 rings (SSSR count). The monoisotopic (exact) mass is 414 g/mol. The fraction of sp³-hybridized carbons (Fsp3) is 0.455. The number of piperidine rings is 1. The summed E-state index contributed by atoms with van der Waals surface area (Å²) in [6.07, 6.45) is 5.23. The van der Waals surface area contributed by atoms with Gasteiger partial charge in [0.2, 0.25) is 0 Å². The van der Waals surface area contributed by atoms with E-state index < -0.39 is 12.8 Å². The third-order valence-electron chi connectivity index (χ3n) is 6.28. The van der Waals surface area contributed by atoms with Crippen LogP contribution in [0.5, 0.6) is 0 Å². The van der Waals surface area contributed by atoms with Crippen LogP contribution in [0.15, 0.2) is 30.5 Å². The normalized spacial score (nSPS) is 20.4. The highest BCUT2D eigenvalue weighted by Crippen LogP contribution is 2.41. The molecule has 0 saturated carbocycles. The van der Waals surface area contributed by atoms with Gasteiger partial charge in [-0.25, -0.2) is 14.4 Å². The van der Waals surface area contributed by atoms with Crippen molar-refractivity contribution in [2.75, 3.05) is 13.1 Å². The lowest BCUT2D eigenvalue weighted by Crippen LogP contribution is -2.39. The number of halogens is 2. The minimum atomic E-state index is -0.681. The molecule has 2 unspecified atom stereocenters. The Morgan fingerprint density at radius 2 is 2.03 bits per heavy atom. The number of benzene rings is 1. The van der Waals surface area contributed by atoms with Gasteiger partial charge in [0.25, 0.3) is 0 Å². The molecule has 29 heavy (non-hydrogen) atoms. The third-order valence-corrected chi connectivity index (χ3v) is 6.53. The van der Waals surface area contributed by atoms with E-state index in [1.807, 2.05) is 12.1 Å². The van der Waals surface area contributed by atoms with E-state index >= 15 is 0 Å². The largest absolute Gasteiger partial charge is 0.387 e. The molecule has 1 fully saturated rings. The number of aliphatic hydroxyl groups excluding tert-OH is 1. The summed E-state index contributed by atoms with van der Waals surface area (Å²) in [5.41, 5.74) is 5.10. The summed E-state index contributed by atoms with van der Waals surface area (Å²) in [6, 6.07) is 7.59. The lowest BCUT2D eigenvalue weighted by Gasteiger charge is -2.39. The molecule has 1 N–H and O–H groups in total. The predicted octanol–water partition coefficient (Wildman–Crippen LogP) is 4.37.